The molecule has 0 aliphatic heterocycles. The fraction of sp³-hybridized carbons (Fsp3) is 0. The highest BCUT2D eigenvalue weighted by atomic mass is 16.3. The Labute approximate surface area is 143 Å². The largest absolute Gasteiger partial charge is 0.463 e. The van der Waals surface area contributed by atoms with Crippen LogP contribution in [0.25, 0.3) is 0 Å². The van der Waals surface area contributed by atoms with Gasteiger partial charge in [0, 0.05) is 23.6 Å². The highest BCUT2D eigenvalue weighted by Crippen LogP contribution is 2.13. The molecule has 0 aliphatic rings. The summed E-state index contributed by atoms with van der Waals surface area (Å²) >= 11 is 0. The van der Waals surface area contributed by atoms with Crippen LogP contribution < -0.4 is 5.73 Å². The average Bonchev–Trinajstić information content (AvgIpc) is 3.16. The fourth-order valence-corrected chi connectivity index (χ4v) is 2.04. The van der Waals surface area contributed by atoms with Crippen LogP contribution in [-0.4, -0.2) is 28.0 Å². The van der Waals surface area contributed by atoms with Crippen LogP contribution >= 0.6 is 0 Å². The Morgan fingerprint density at radius 1 is 1.04 bits per heavy atom. The number of pyridine rings is 1. The minimum absolute atomic E-state index is 0.239. The summed E-state index contributed by atoms with van der Waals surface area (Å²) in [6, 6.07) is 12.7. The summed E-state index contributed by atoms with van der Waals surface area (Å²) in [6.45, 7) is 0. The van der Waals surface area contributed by atoms with Crippen molar-refractivity contribution in [2.24, 2.45) is 5.10 Å². The number of nitrogens with zero attached hydrogens (tertiary/aromatic N) is 3. The molecule has 1 aromatic carbocycles. The van der Waals surface area contributed by atoms with Crippen molar-refractivity contribution in [1.29, 1.82) is 0 Å². The topological polar surface area (TPSA) is 102 Å². The molecule has 124 valence electrons. The molecule has 3 rings (SSSR count). The van der Waals surface area contributed by atoms with Crippen molar-refractivity contribution in [3.8, 4) is 0 Å². The molecule has 25 heavy (non-hydrogen) atoms. The van der Waals surface area contributed by atoms with E-state index in [9.17, 15) is 9.59 Å². The Balaban J connectivity index is 1.94. The quantitative estimate of drug-likeness (QED) is 0.342. The van der Waals surface area contributed by atoms with Crippen molar-refractivity contribution in [1.82, 2.24) is 9.99 Å². The maximum atomic E-state index is 12.7. The molecular weight excluding hydrogens is 320 g/mol. The van der Waals surface area contributed by atoms with Crippen LogP contribution in [0.3, 0.4) is 0 Å². The van der Waals surface area contributed by atoms with E-state index < -0.39 is 11.8 Å². The van der Waals surface area contributed by atoms with E-state index in [4.69, 9.17) is 10.2 Å². The van der Waals surface area contributed by atoms with Gasteiger partial charge in [-0.3, -0.25) is 14.6 Å². The monoisotopic (exact) mass is 334 g/mol. The highest BCUT2D eigenvalue weighted by molar-refractivity contribution is 6.10. The van der Waals surface area contributed by atoms with Gasteiger partial charge in [-0.05, 0) is 48.5 Å². The average molecular weight is 334 g/mol. The van der Waals surface area contributed by atoms with Crippen molar-refractivity contribution >= 4 is 23.7 Å². The number of imide groups is 1. The molecule has 0 unspecified atom stereocenters. The summed E-state index contributed by atoms with van der Waals surface area (Å²) in [7, 11) is 0. The van der Waals surface area contributed by atoms with Crippen molar-refractivity contribution in [2.45, 2.75) is 0 Å². The third-order valence-corrected chi connectivity index (χ3v) is 3.29. The molecule has 0 radical (unpaired) electrons. The smallest absolute Gasteiger partial charge is 0.283 e. The van der Waals surface area contributed by atoms with Crippen LogP contribution in [0, 0.1) is 0 Å². The van der Waals surface area contributed by atoms with Crippen LogP contribution in [0.2, 0.25) is 0 Å². The first-order chi connectivity index (χ1) is 12.1. The first-order valence-electron chi connectivity index (χ1n) is 7.37. The van der Waals surface area contributed by atoms with E-state index in [0.29, 0.717) is 11.4 Å². The molecule has 2 amide bonds. The van der Waals surface area contributed by atoms with Gasteiger partial charge in [0.2, 0.25) is 0 Å². The van der Waals surface area contributed by atoms with Gasteiger partial charge in [-0.2, -0.15) is 10.1 Å². The van der Waals surface area contributed by atoms with E-state index in [1.165, 1.54) is 37.0 Å². The summed E-state index contributed by atoms with van der Waals surface area (Å²) in [5.74, 6) is -0.775. The Morgan fingerprint density at radius 3 is 2.44 bits per heavy atom. The number of hydrazone groups is 1. The molecular formula is C18H14N4O3. The van der Waals surface area contributed by atoms with Crippen LogP contribution in [0.4, 0.5) is 5.69 Å². The Morgan fingerprint density at radius 2 is 1.80 bits per heavy atom. The molecule has 2 aromatic heterocycles. The van der Waals surface area contributed by atoms with Gasteiger partial charge in [0.15, 0.2) is 0 Å². The second-order valence-corrected chi connectivity index (χ2v) is 5.05. The number of anilines is 1. The SMILES string of the molecule is Nc1ccc(C(=O)N(/N=C/c2ccco2)C(=O)c2cccnc2)cc1. The Bertz CT molecular complexity index is 888. The van der Waals surface area contributed by atoms with Crippen LogP contribution in [0.15, 0.2) is 76.7 Å². The number of carbonyl (C=O) groups is 2. The van der Waals surface area contributed by atoms with Crippen molar-refractivity contribution in [3.05, 3.63) is 84.1 Å². The van der Waals surface area contributed by atoms with Gasteiger partial charge >= 0.3 is 0 Å². The lowest BCUT2D eigenvalue weighted by molar-refractivity contribution is 0.0621. The van der Waals surface area contributed by atoms with E-state index in [1.807, 2.05) is 0 Å². The number of nitrogen functional groups attached to an aromatic ring is 1. The molecule has 3 aromatic rings. The number of benzene rings is 1. The number of furan rings is 1. The van der Waals surface area contributed by atoms with E-state index in [1.54, 1.807) is 36.4 Å². The number of nitrogens with two attached hydrogens (primary N) is 1. The zero-order valence-corrected chi connectivity index (χ0v) is 13.1. The summed E-state index contributed by atoms with van der Waals surface area (Å²) < 4.78 is 5.14. The number of carbonyl (C=O) groups excluding carboxylic acids is 2. The van der Waals surface area contributed by atoms with Crippen molar-refractivity contribution < 1.29 is 14.0 Å². The second-order valence-electron chi connectivity index (χ2n) is 5.05. The van der Waals surface area contributed by atoms with Gasteiger partial charge in [-0.25, -0.2) is 0 Å². The van der Waals surface area contributed by atoms with E-state index in [-0.39, 0.29) is 11.1 Å². The van der Waals surface area contributed by atoms with Gasteiger partial charge in [0.1, 0.15) is 5.76 Å². The van der Waals surface area contributed by atoms with Crippen LogP contribution in [0.1, 0.15) is 26.5 Å². The van der Waals surface area contributed by atoms with Gasteiger partial charge < -0.3 is 10.2 Å². The maximum Gasteiger partial charge on any atom is 0.283 e. The zero-order valence-electron chi connectivity index (χ0n) is 13.1. The number of aromatic nitrogens is 1. The Hall–Kier alpha value is -3.74. The third kappa shape index (κ3) is 3.78. The van der Waals surface area contributed by atoms with E-state index >= 15 is 0 Å². The lowest BCUT2D eigenvalue weighted by Crippen LogP contribution is -2.32. The predicted molar refractivity (Wildman–Crippen MR) is 91.9 cm³/mol. The molecule has 7 heteroatoms. The van der Waals surface area contributed by atoms with E-state index in [2.05, 4.69) is 10.1 Å². The predicted octanol–water partition coefficient (Wildman–Crippen LogP) is 2.57. The molecule has 2 N–H and O–H groups in total. The molecule has 0 bridgehead atoms. The van der Waals surface area contributed by atoms with Gasteiger partial charge in [-0.15, -0.1) is 0 Å². The minimum atomic E-state index is -0.599. The molecule has 0 saturated heterocycles. The normalized spacial score (nSPS) is 10.7. The Kier molecular flexibility index (Phi) is 4.66. The zero-order chi connectivity index (χ0) is 17.6. The maximum absolute atomic E-state index is 12.7. The lowest BCUT2D eigenvalue weighted by Gasteiger charge is -2.15. The summed E-state index contributed by atoms with van der Waals surface area (Å²) in [4.78, 5) is 29.3. The number of hydrogen-bond donors (Lipinski definition) is 1. The first kappa shape index (κ1) is 16.1. The first-order valence-corrected chi connectivity index (χ1v) is 7.37. The van der Waals surface area contributed by atoms with Crippen molar-refractivity contribution in [2.75, 3.05) is 5.73 Å². The summed E-state index contributed by atoms with van der Waals surface area (Å²) in [6.07, 6.45) is 5.67. The second kappa shape index (κ2) is 7.22. The molecule has 7 nitrogen and oxygen atoms in total. The van der Waals surface area contributed by atoms with Crippen LogP contribution in [-0.2, 0) is 0 Å². The number of hydrogen-bond acceptors (Lipinski definition) is 6. The van der Waals surface area contributed by atoms with E-state index in [0.717, 1.165) is 5.01 Å². The number of rotatable bonds is 4. The molecule has 0 fully saturated rings. The molecule has 0 spiro atoms. The van der Waals surface area contributed by atoms with Gasteiger partial charge in [-0.1, -0.05) is 0 Å². The fourth-order valence-electron chi connectivity index (χ4n) is 2.04. The van der Waals surface area contributed by atoms with Crippen LogP contribution in [0.5, 0.6) is 0 Å². The number of amides is 2. The van der Waals surface area contributed by atoms with Gasteiger partial charge in [0.05, 0.1) is 18.0 Å². The molecule has 0 aliphatic carbocycles. The summed E-state index contributed by atoms with van der Waals surface area (Å²) in [5.41, 5.74) is 6.67. The highest BCUT2D eigenvalue weighted by Gasteiger charge is 2.24. The van der Waals surface area contributed by atoms with Gasteiger partial charge in [0.25, 0.3) is 11.8 Å². The third-order valence-electron chi connectivity index (χ3n) is 3.29. The minimum Gasteiger partial charge on any atom is -0.463 e. The van der Waals surface area contributed by atoms with Crippen molar-refractivity contribution in [3.63, 3.8) is 0 Å². The summed E-state index contributed by atoms with van der Waals surface area (Å²) in [5, 5.41) is 4.77. The lowest BCUT2D eigenvalue weighted by atomic mass is 10.2. The standard InChI is InChI=1S/C18H14N4O3/c19-15-7-5-13(6-8-15)17(23)22(21-12-16-4-2-10-25-16)18(24)14-3-1-9-20-11-14/h1-12H,19H2/b21-12+. The molecule has 0 atom stereocenters. The molecule has 0 saturated carbocycles. The molecule has 2 heterocycles.